The van der Waals surface area contributed by atoms with Crippen molar-refractivity contribution in [3.05, 3.63) is 29.8 Å². The number of hydrogen-bond donors (Lipinski definition) is 1. The molecule has 1 unspecified atom stereocenters. The quantitative estimate of drug-likeness (QED) is 0.813. The van der Waals surface area contributed by atoms with Crippen molar-refractivity contribution in [2.24, 2.45) is 0 Å². The maximum absolute atomic E-state index is 12.0. The lowest BCUT2D eigenvalue weighted by Gasteiger charge is -2.35. The Hall–Kier alpha value is -2.04. The van der Waals surface area contributed by atoms with Gasteiger partial charge in [0, 0.05) is 36.8 Å². The van der Waals surface area contributed by atoms with Gasteiger partial charge in [-0.3, -0.25) is 4.79 Å². The van der Waals surface area contributed by atoms with E-state index in [2.05, 4.69) is 10.2 Å². The largest absolute Gasteiger partial charge is 0.444 e. The van der Waals surface area contributed by atoms with Gasteiger partial charge in [-0.15, -0.1) is 0 Å². The van der Waals surface area contributed by atoms with Gasteiger partial charge in [-0.25, -0.2) is 4.79 Å². The van der Waals surface area contributed by atoms with E-state index in [0.717, 1.165) is 43.6 Å². The number of anilines is 1. The van der Waals surface area contributed by atoms with Gasteiger partial charge in [0.15, 0.2) is 5.78 Å². The zero-order chi connectivity index (χ0) is 18.4. The molecule has 1 atom stereocenters. The van der Waals surface area contributed by atoms with Crippen molar-refractivity contribution in [1.29, 1.82) is 0 Å². The molecule has 5 heteroatoms. The second-order valence-corrected chi connectivity index (χ2v) is 7.65. The van der Waals surface area contributed by atoms with Crippen LogP contribution in [0.5, 0.6) is 0 Å². The summed E-state index contributed by atoms with van der Waals surface area (Å²) in [6.07, 6.45) is 3.05. The third-order valence-corrected chi connectivity index (χ3v) is 4.17. The minimum atomic E-state index is -0.487. The van der Waals surface area contributed by atoms with Crippen LogP contribution in [0.25, 0.3) is 0 Å². The standard InChI is InChI=1S/C20H30N2O3/c1-5-7-18(23)15-9-11-17(12-10-15)22-13-6-8-16(14-22)21-19(24)25-20(2,3)4/h9-12,16H,5-8,13-14H2,1-4H3,(H,21,24). The SMILES string of the molecule is CCCC(=O)c1ccc(N2CCCC(NC(=O)OC(C)(C)C)C2)cc1. The number of Topliss-reactive ketones (excluding diaryl/α,β-unsaturated/α-hetero) is 1. The molecule has 1 amide bonds. The Kier molecular flexibility index (Phi) is 6.45. The summed E-state index contributed by atoms with van der Waals surface area (Å²) in [5.74, 6) is 0.192. The molecule has 1 aliphatic heterocycles. The van der Waals surface area contributed by atoms with E-state index in [0.29, 0.717) is 6.42 Å². The molecule has 1 aromatic rings. The fraction of sp³-hybridized carbons (Fsp3) is 0.600. The Morgan fingerprint density at radius 3 is 2.52 bits per heavy atom. The molecule has 2 rings (SSSR count). The Bertz CT molecular complexity index is 590. The number of alkyl carbamates (subject to hydrolysis) is 1. The van der Waals surface area contributed by atoms with Crippen LogP contribution in [-0.2, 0) is 4.74 Å². The Balaban J connectivity index is 1.94. The van der Waals surface area contributed by atoms with Crippen LogP contribution in [0.15, 0.2) is 24.3 Å². The number of carbonyl (C=O) groups is 2. The number of amides is 1. The van der Waals surface area contributed by atoms with Crippen molar-refractivity contribution in [1.82, 2.24) is 5.32 Å². The van der Waals surface area contributed by atoms with Gasteiger partial charge < -0.3 is 15.0 Å². The minimum absolute atomic E-state index is 0.0741. The van der Waals surface area contributed by atoms with Gasteiger partial charge in [0.05, 0.1) is 0 Å². The first-order valence-electron chi connectivity index (χ1n) is 9.16. The molecule has 0 spiro atoms. The monoisotopic (exact) mass is 346 g/mol. The number of rotatable bonds is 5. The average Bonchev–Trinajstić information content (AvgIpc) is 2.53. The van der Waals surface area contributed by atoms with E-state index >= 15 is 0 Å². The molecular formula is C20H30N2O3. The molecular weight excluding hydrogens is 316 g/mol. The molecule has 138 valence electrons. The molecule has 1 N–H and O–H groups in total. The summed E-state index contributed by atoms with van der Waals surface area (Å²) in [6.45, 7) is 9.30. The maximum atomic E-state index is 12.0. The third kappa shape index (κ3) is 6.07. The summed E-state index contributed by atoms with van der Waals surface area (Å²) in [5, 5.41) is 2.96. The first-order chi connectivity index (χ1) is 11.8. The van der Waals surface area contributed by atoms with Crippen molar-refractivity contribution < 1.29 is 14.3 Å². The van der Waals surface area contributed by atoms with E-state index in [4.69, 9.17) is 4.74 Å². The predicted molar refractivity (Wildman–Crippen MR) is 100 cm³/mol. The lowest BCUT2D eigenvalue weighted by Crippen LogP contribution is -2.49. The van der Waals surface area contributed by atoms with Crippen molar-refractivity contribution >= 4 is 17.6 Å². The van der Waals surface area contributed by atoms with Crippen LogP contribution in [0.1, 0.15) is 63.7 Å². The normalized spacial score (nSPS) is 17.9. The van der Waals surface area contributed by atoms with Crippen molar-refractivity contribution in [2.75, 3.05) is 18.0 Å². The number of hydrogen-bond acceptors (Lipinski definition) is 4. The van der Waals surface area contributed by atoms with Crippen LogP contribution >= 0.6 is 0 Å². The lowest BCUT2D eigenvalue weighted by molar-refractivity contribution is 0.0500. The fourth-order valence-corrected chi connectivity index (χ4v) is 3.03. The second kappa shape index (κ2) is 8.37. The summed E-state index contributed by atoms with van der Waals surface area (Å²) in [4.78, 5) is 26.2. The highest BCUT2D eigenvalue weighted by atomic mass is 16.6. The number of carbonyl (C=O) groups excluding carboxylic acids is 2. The number of piperidine rings is 1. The molecule has 1 heterocycles. The van der Waals surface area contributed by atoms with Gasteiger partial charge in [0.2, 0.25) is 0 Å². The van der Waals surface area contributed by atoms with Crippen LogP contribution in [0.2, 0.25) is 0 Å². The van der Waals surface area contributed by atoms with E-state index in [1.165, 1.54) is 0 Å². The van der Waals surface area contributed by atoms with Crippen LogP contribution < -0.4 is 10.2 Å². The molecule has 25 heavy (non-hydrogen) atoms. The lowest BCUT2D eigenvalue weighted by atomic mass is 10.0. The highest BCUT2D eigenvalue weighted by Crippen LogP contribution is 2.21. The number of nitrogens with zero attached hydrogens (tertiary/aromatic N) is 1. The van der Waals surface area contributed by atoms with Crippen molar-refractivity contribution in [3.63, 3.8) is 0 Å². The summed E-state index contributed by atoms with van der Waals surface area (Å²) >= 11 is 0. The predicted octanol–water partition coefficient (Wildman–Crippen LogP) is 4.16. The zero-order valence-corrected chi connectivity index (χ0v) is 15.8. The molecule has 1 aliphatic rings. The smallest absolute Gasteiger partial charge is 0.407 e. The van der Waals surface area contributed by atoms with Crippen LogP contribution in [0.4, 0.5) is 10.5 Å². The Morgan fingerprint density at radius 2 is 1.92 bits per heavy atom. The highest BCUT2D eigenvalue weighted by molar-refractivity contribution is 5.96. The van der Waals surface area contributed by atoms with E-state index in [1.54, 1.807) is 0 Å². The summed E-state index contributed by atoms with van der Waals surface area (Å²) in [6, 6.07) is 7.87. The molecule has 0 radical (unpaired) electrons. The first-order valence-corrected chi connectivity index (χ1v) is 9.16. The Labute approximate surface area is 150 Å². The first kappa shape index (κ1) is 19.3. The number of ketones is 1. The van der Waals surface area contributed by atoms with Gasteiger partial charge in [-0.1, -0.05) is 6.92 Å². The van der Waals surface area contributed by atoms with Gasteiger partial charge in [-0.05, 0) is 64.3 Å². The van der Waals surface area contributed by atoms with Gasteiger partial charge in [0.25, 0.3) is 0 Å². The molecule has 0 bridgehead atoms. The van der Waals surface area contributed by atoms with E-state index in [1.807, 2.05) is 52.0 Å². The number of benzene rings is 1. The molecule has 0 aromatic heterocycles. The van der Waals surface area contributed by atoms with Crippen molar-refractivity contribution in [3.8, 4) is 0 Å². The summed E-state index contributed by atoms with van der Waals surface area (Å²) < 4.78 is 5.34. The van der Waals surface area contributed by atoms with Crippen LogP contribution in [0, 0.1) is 0 Å². The van der Waals surface area contributed by atoms with E-state index in [9.17, 15) is 9.59 Å². The molecule has 1 aromatic carbocycles. The third-order valence-electron chi connectivity index (χ3n) is 4.17. The van der Waals surface area contributed by atoms with Crippen LogP contribution in [0.3, 0.4) is 0 Å². The van der Waals surface area contributed by atoms with Gasteiger partial charge in [-0.2, -0.15) is 0 Å². The average molecular weight is 346 g/mol. The second-order valence-electron chi connectivity index (χ2n) is 7.65. The molecule has 5 nitrogen and oxygen atoms in total. The molecule has 1 fully saturated rings. The zero-order valence-electron chi connectivity index (χ0n) is 15.8. The highest BCUT2D eigenvalue weighted by Gasteiger charge is 2.24. The minimum Gasteiger partial charge on any atom is -0.444 e. The molecule has 1 saturated heterocycles. The van der Waals surface area contributed by atoms with Gasteiger partial charge >= 0.3 is 6.09 Å². The van der Waals surface area contributed by atoms with Crippen LogP contribution in [-0.4, -0.2) is 36.6 Å². The van der Waals surface area contributed by atoms with E-state index < -0.39 is 5.60 Å². The molecule has 0 saturated carbocycles. The summed E-state index contributed by atoms with van der Waals surface area (Å²) in [5.41, 5.74) is 1.37. The summed E-state index contributed by atoms with van der Waals surface area (Å²) in [7, 11) is 0. The van der Waals surface area contributed by atoms with E-state index in [-0.39, 0.29) is 17.9 Å². The Morgan fingerprint density at radius 1 is 1.24 bits per heavy atom. The van der Waals surface area contributed by atoms with Crippen molar-refractivity contribution in [2.45, 2.75) is 65.0 Å². The number of ether oxygens (including phenoxy) is 1. The number of nitrogens with one attached hydrogen (secondary N) is 1. The van der Waals surface area contributed by atoms with Gasteiger partial charge in [0.1, 0.15) is 5.60 Å². The molecule has 0 aliphatic carbocycles. The topological polar surface area (TPSA) is 58.6 Å². The maximum Gasteiger partial charge on any atom is 0.407 e. The fourth-order valence-electron chi connectivity index (χ4n) is 3.03.